The van der Waals surface area contributed by atoms with Crippen LogP contribution < -0.4 is 28.2 Å². The number of aromatic amines is 1. The quantitative estimate of drug-likeness (QED) is 0.0742. The zero-order chi connectivity index (χ0) is 35.9. The summed E-state index contributed by atoms with van der Waals surface area (Å²) in [4.78, 5) is 24.0. The molecule has 0 amide bonds. The lowest BCUT2D eigenvalue weighted by atomic mass is 9.81. The van der Waals surface area contributed by atoms with E-state index >= 15 is 0 Å². The van der Waals surface area contributed by atoms with E-state index in [4.69, 9.17) is 21.9 Å². The van der Waals surface area contributed by atoms with Crippen molar-refractivity contribution in [2.45, 2.75) is 117 Å². The molecule has 10 nitrogen and oxygen atoms in total. The highest BCUT2D eigenvalue weighted by molar-refractivity contribution is 5.76. The lowest BCUT2D eigenvalue weighted by Crippen LogP contribution is -2.24. The van der Waals surface area contributed by atoms with Gasteiger partial charge in [-0.15, -0.1) is 0 Å². The first kappa shape index (κ1) is 37.8. The fourth-order valence-electron chi connectivity index (χ4n) is 6.03. The van der Waals surface area contributed by atoms with Crippen LogP contribution in [0.25, 0.3) is 16.7 Å². The number of aliphatic imine (C=N–C) groups is 1. The molecular formula is C39H58N8O2. The first-order chi connectivity index (χ1) is 23.0. The van der Waals surface area contributed by atoms with Crippen molar-refractivity contribution in [1.29, 1.82) is 0 Å². The van der Waals surface area contributed by atoms with Crippen LogP contribution in [0.15, 0.2) is 58.4 Å². The molecule has 266 valence electrons. The number of ether oxygens (including phenoxy) is 1. The number of nitrogens with two attached hydrogens (primary N) is 3. The van der Waals surface area contributed by atoms with Crippen molar-refractivity contribution >= 4 is 17.0 Å². The van der Waals surface area contributed by atoms with Gasteiger partial charge in [0, 0.05) is 41.3 Å². The minimum absolute atomic E-state index is 0.0390. The van der Waals surface area contributed by atoms with Gasteiger partial charge < -0.3 is 32.2 Å². The molecule has 10 heteroatoms. The molecule has 2 aromatic carbocycles. The second kappa shape index (κ2) is 16.1. The van der Waals surface area contributed by atoms with Crippen molar-refractivity contribution in [3.63, 3.8) is 0 Å². The number of hydrogen-bond acceptors (Lipinski definition) is 6. The first-order valence-electron chi connectivity index (χ1n) is 17.5. The maximum absolute atomic E-state index is 12.6. The Hall–Kier alpha value is -3.99. The first-order valence-corrected chi connectivity index (χ1v) is 17.5. The minimum Gasteiger partial charge on any atom is -0.372 e. The van der Waals surface area contributed by atoms with E-state index in [1.54, 1.807) is 4.57 Å². The van der Waals surface area contributed by atoms with Crippen LogP contribution in [-0.4, -0.2) is 39.6 Å². The fraction of sp³-hybridized carbons (Fsp3) is 0.513. The van der Waals surface area contributed by atoms with Crippen molar-refractivity contribution in [1.82, 2.24) is 19.9 Å². The van der Waals surface area contributed by atoms with Gasteiger partial charge in [-0.2, -0.15) is 4.98 Å². The third-order valence-electron chi connectivity index (χ3n) is 8.91. The van der Waals surface area contributed by atoms with Crippen molar-refractivity contribution in [2.24, 2.45) is 22.2 Å². The van der Waals surface area contributed by atoms with Crippen LogP contribution in [0.3, 0.4) is 0 Å². The largest absolute Gasteiger partial charge is 0.372 e. The van der Waals surface area contributed by atoms with Crippen LogP contribution in [-0.2, 0) is 35.2 Å². The zero-order valence-corrected chi connectivity index (χ0v) is 30.8. The molecule has 0 saturated heterocycles. The summed E-state index contributed by atoms with van der Waals surface area (Å²) < 4.78 is 7.21. The Bertz CT molecular complexity index is 1770. The Labute approximate surface area is 291 Å². The predicted octanol–water partition coefficient (Wildman–Crippen LogP) is 6.01. The molecular weight excluding hydrogens is 612 g/mol. The molecule has 1 aliphatic rings. The van der Waals surface area contributed by atoms with Gasteiger partial charge in [-0.1, -0.05) is 65.8 Å². The summed E-state index contributed by atoms with van der Waals surface area (Å²) in [5.74, 6) is 0.121. The Morgan fingerprint density at radius 1 is 1.02 bits per heavy atom. The van der Waals surface area contributed by atoms with Gasteiger partial charge in [-0.3, -0.25) is 9.56 Å². The zero-order valence-electron chi connectivity index (χ0n) is 30.8. The van der Waals surface area contributed by atoms with Crippen LogP contribution in [0.2, 0.25) is 0 Å². The number of benzene rings is 2. The Morgan fingerprint density at radius 3 is 2.37 bits per heavy atom. The van der Waals surface area contributed by atoms with Gasteiger partial charge in [0.05, 0.1) is 18.9 Å². The predicted molar refractivity (Wildman–Crippen MR) is 202 cm³/mol. The van der Waals surface area contributed by atoms with E-state index in [0.29, 0.717) is 18.2 Å². The molecule has 1 aliphatic heterocycles. The van der Waals surface area contributed by atoms with Gasteiger partial charge in [0.1, 0.15) is 5.65 Å². The summed E-state index contributed by atoms with van der Waals surface area (Å²) in [6, 6.07) is 15.2. The molecule has 3 heterocycles. The van der Waals surface area contributed by atoms with Gasteiger partial charge in [0.15, 0.2) is 5.96 Å². The van der Waals surface area contributed by atoms with E-state index in [1.165, 1.54) is 28.7 Å². The normalized spacial score (nSPS) is 14.2. The number of aryl methyl sites for hydroxylation is 1. The lowest BCUT2D eigenvalue weighted by Gasteiger charge is -2.23. The average Bonchev–Trinajstić information content (AvgIpc) is 3.66. The molecule has 2 aromatic heterocycles. The van der Waals surface area contributed by atoms with Crippen molar-refractivity contribution < 1.29 is 4.74 Å². The number of aromatic nitrogens is 3. The Morgan fingerprint density at radius 2 is 1.73 bits per heavy atom. The number of nitrogens with zero attached hydrogens (tertiary/aromatic N) is 3. The Balaban J connectivity index is 0.000000244. The molecule has 8 N–H and O–H groups in total. The number of guanidine groups is 1. The van der Waals surface area contributed by atoms with E-state index < -0.39 is 0 Å². The third kappa shape index (κ3) is 10.5. The van der Waals surface area contributed by atoms with E-state index in [-0.39, 0.29) is 28.5 Å². The highest BCUT2D eigenvalue weighted by atomic mass is 16.5. The maximum Gasteiger partial charge on any atom is 0.354 e. The van der Waals surface area contributed by atoms with E-state index in [0.717, 1.165) is 61.4 Å². The van der Waals surface area contributed by atoms with Crippen LogP contribution in [0.4, 0.5) is 0 Å². The summed E-state index contributed by atoms with van der Waals surface area (Å²) >= 11 is 0. The highest BCUT2D eigenvalue weighted by Gasteiger charge is 2.24. The smallest absolute Gasteiger partial charge is 0.354 e. The molecule has 0 radical (unpaired) electrons. The summed E-state index contributed by atoms with van der Waals surface area (Å²) in [7, 11) is 0. The fourth-order valence-corrected chi connectivity index (χ4v) is 6.03. The van der Waals surface area contributed by atoms with Crippen molar-refractivity contribution in [3.05, 3.63) is 92.7 Å². The molecule has 0 aliphatic carbocycles. The van der Waals surface area contributed by atoms with Crippen molar-refractivity contribution in [3.8, 4) is 5.69 Å². The molecule has 5 rings (SSSR count). The monoisotopic (exact) mass is 670 g/mol. The van der Waals surface area contributed by atoms with Gasteiger partial charge in [0.25, 0.3) is 0 Å². The van der Waals surface area contributed by atoms with Crippen LogP contribution in [0.1, 0.15) is 114 Å². The van der Waals surface area contributed by atoms with Gasteiger partial charge in [-0.25, -0.2) is 4.79 Å². The van der Waals surface area contributed by atoms with Gasteiger partial charge in [0.2, 0.25) is 0 Å². The number of nitrogens with one attached hydrogen (secondary N) is 2. The third-order valence-corrected chi connectivity index (χ3v) is 8.91. The summed E-state index contributed by atoms with van der Waals surface area (Å²) in [6.07, 6.45) is 6.09. The van der Waals surface area contributed by atoms with E-state index in [1.807, 2.05) is 30.5 Å². The Kier molecular flexibility index (Phi) is 12.5. The van der Waals surface area contributed by atoms with Crippen LogP contribution >= 0.6 is 0 Å². The highest BCUT2D eigenvalue weighted by Crippen LogP contribution is 2.34. The summed E-state index contributed by atoms with van der Waals surface area (Å²) in [5, 5.41) is 4.36. The maximum atomic E-state index is 12.6. The van der Waals surface area contributed by atoms with E-state index in [9.17, 15) is 4.79 Å². The number of H-pyrrole nitrogens is 1. The molecule has 0 fully saturated rings. The standard InChI is InChI=1S/C22H31N7O.C17H27NO/c1-14(25-10-5-11-26-20(23)24)15-6-8-17(9-7-15)29-13-16-12-18(22(2,3)4)27-19(16)28-21(29)30;1-12(18)6-5-7-13-8-14-10-19-11-15(14)16(9-13)17(2,3)4/h6-9,12-14,25H,5,10-11H2,1-4H3,(H4,23,24,26)(H,27,28,30);8-9,12H,5-7,10-11,18H2,1-4H3/t14-;12-/m00/s1. The SMILES string of the molecule is C[C@H](N)CCCc1cc2c(c(C(C)(C)C)c1)COC2.C[C@H](NCCCN=C(N)N)c1ccc(-n2cc3cc(C(C)(C)C)[nH]c3nc2=O)cc1. The van der Waals surface area contributed by atoms with E-state index in [2.05, 4.69) is 93.9 Å². The number of hydrogen-bond donors (Lipinski definition) is 5. The molecule has 49 heavy (non-hydrogen) atoms. The minimum atomic E-state index is -0.302. The summed E-state index contributed by atoms with van der Waals surface area (Å²) in [5.41, 5.74) is 25.6. The van der Waals surface area contributed by atoms with Crippen LogP contribution in [0, 0.1) is 0 Å². The van der Waals surface area contributed by atoms with Crippen LogP contribution in [0.5, 0.6) is 0 Å². The lowest BCUT2D eigenvalue weighted by molar-refractivity contribution is 0.134. The van der Waals surface area contributed by atoms with Gasteiger partial charge >= 0.3 is 5.69 Å². The second-order valence-corrected chi connectivity index (χ2v) is 15.5. The summed E-state index contributed by atoms with van der Waals surface area (Å²) in [6.45, 7) is 20.4. The second-order valence-electron chi connectivity index (χ2n) is 15.5. The van der Waals surface area contributed by atoms with Gasteiger partial charge in [-0.05, 0) is 97.5 Å². The number of fused-ring (bicyclic) bond motifs is 2. The molecule has 0 unspecified atom stereocenters. The molecule has 0 spiro atoms. The molecule has 4 aromatic rings. The number of rotatable bonds is 11. The molecule has 2 atom stereocenters. The topological polar surface area (TPSA) is 162 Å². The molecule has 0 saturated carbocycles. The molecule has 0 bridgehead atoms. The van der Waals surface area contributed by atoms with Crippen molar-refractivity contribution in [2.75, 3.05) is 13.1 Å². The average molecular weight is 671 g/mol.